The number of hydrogen-bond donors (Lipinski definition) is 3. The van der Waals surface area contributed by atoms with Crippen molar-refractivity contribution < 1.29 is 23.9 Å². The summed E-state index contributed by atoms with van der Waals surface area (Å²) >= 11 is 0. The van der Waals surface area contributed by atoms with E-state index in [-0.39, 0.29) is 30.1 Å². The van der Waals surface area contributed by atoms with E-state index < -0.39 is 30.2 Å². The number of nitrogens with zero attached hydrogens (tertiary/aromatic N) is 2. The molecule has 0 bridgehead atoms. The molecule has 2 aliphatic rings. The van der Waals surface area contributed by atoms with E-state index in [0.717, 1.165) is 54.1 Å². The van der Waals surface area contributed by atoms with Crippen LogP contribution in [0.5, 0.6) is 0 Å². The molecule has 236 valence electrons. The first kappa shape index (κ1) is 32.9. The van der Waals surface area contributed by atoms with Gasteiger partial charge < -0.3 is 15.4 Å². The van der Waals surface area contributed by atoms with Crippen LogP contribution in [0.4, 0.5) is 0 Å². The number of carbonyl (C=O) groups is 4. The number of rotatable bonds is 11. The van der Waals surface area contributed by atoms with Gasteiger partial charge in [-0.25, -0.2) is 5.43 Å². The monoisotopic (exact) mass is 603 g/mol. The fraction of sp³-hybridized carbons (Fsp3) is 0.500. The van der Waals surface area contributed by atoms with Gasteiger partial charge in [0, 0.05) is 24.5 Å². The van der Waals surface area contributed by atoms with Gasteiger partial charge in [0.25, 0.3) is 5.91 Å². The maximum atomic E-state index is 13.4. The fourth-order valence-electron chi connectivity index (χ4n) is 5.90. The van der Waals surface area contributed by atoms with Gasteiger partial charge in [0.1, 0.15) is 24.2 Å². The average molecular weight is 604 g/mol. The van der Waals surface area contributed by atoms with Crippen LogP contribution in [0, 0.1) is 5.92 Å². The number of hydrazine groups is 1. The maximum Gasteiger partial charge on any atom is 0.325 e. The molecule has 1 saturated heterocycles. The molecule has 2 fully saturated rings. The standard InChI is InChI=1S/C34H45N5O5/c1-5-7-15-30(40)37-31(24-12-9-8-10-13-24)32(41)36-22(3)33(42)39-18-11-14-29(38-39)34(43)44-23(4)25-16-17-26-21-35-28(6-2)20-27(26)19-25/h5-7,16-17,19-24,29,31,38H,2,8-15,18H2,1,3-4H3,(H,36,41)(H,37,40)/t22-,23+,29-,31-/m0/s1. The molecule has 1 aromatic heterocycles. The minimum absolute atomic E-state index is 0.0261. The van der Waals surface area contributed by atoms with Crippen molar-refractivity contribution in [3.05, 3.63) is 60.5 Å². The topological polar surface area (TPSA) is 130 Å². The Labute approximate surface area is 259 Å². The molecule has 2 aromatic rings. The number of esters is 1. The van der Waals surface area contributed by atoms with E-state index in [0.29, 0.717) is 19.4 Å². The number of amides is 3. The highest BCUT2D eigenvalue weighted by atomic mass is 16.5. The van der Waals surface area contributed by atoms with Gasteiger partial charge in [-0.05, 0) is 81.5 Å². The van der Waals surface area contributed by atoms with Crippen LogP contribution in [0.25, 0.3) is 16.8 Å². The first-order valence-corrected chi connectivity index (χ1v) is 15.7. The number of allylic oxidation sites excluding steroid dienone is 1. The highest BCUT2D eigenvalue weighted by Crippen LogP contribution is 2.27. The zero-order chi connectivity index (χ0) is 31.6. The van der Waals surface area contributed by atoms with E-state index in [1.807, 2.05) is 38.1 Å². The number of ether oxygens (including phenoxy) is 1. The lowest BCUT2D eigenvalue weighted by Crippen LogP contribution is -2.61. The Balaban J connectivity index is 1.34. The zero-order valence-corrected chi connectivity index (χ0v) is 26.0. The Kier molecular flexibility index (Phi) is 11.7. The zero-order valence-electron chi connectivity index (χ0n) is 26.0. The van der Waals surface area contributed by atoms with Gasteiger partial charge in [0.05, 0.1) is 5.69 Å². The Morgan fingerprint density at radius 2 is 1.84 bits per heavy atom. The van der Waals surface area contributed by atoms with Crippen LogP contribution in [0.2, 0.25) is 0 Å². The van der Waals surface area contributed by atoms with Crippen molar-refractivity contribution in [1.29, 1.82) is 0 Å². The van der Waals surface area contributed by atoms with E-state index in [9.17, 15) is 19.2 Å². The van der Waals surface area contributed by atoms with Gasteiger partial charge in [-0.2, -0.15) is 0 Å². The summed E-state index contributed by atoms with van der Waals surface area (Å²) in [5.41, 5.74) is 4.63. The normalized spacial score (nSPS) is 19.6. The number of hydrogen-bond acceptors (Lipinski definition) is 7. The Morgan fingerprint density at radius 1 is 1.07 bits per heavy atom. The molecule has 1 aromatic carbocycles. The van der Waals surface area contributed by atoms with Gasteiger partial charge in [-0.15, -0.1) is 0 Å². The molecular formula is C34H45N5O5. The maximum absolute atomic E-state index is 13.4. The van der Waals surface area contributed by atoms with Crippen LogP contribution in [-0.2, 0) is 23.9 Å². The molecule has 1 aliphatic heterocycles. The van der Waals surface area contributed by atoms with E-state index >= 15 is 0 Å². The van der Waals surface area contributed by atoms with Crippen LogP contribution in [0.15, 0.2) is 49.2 Å². The molecule has 2 heterocycles. The lowest BCUT2D eigenvalue weighted by atomic mass is 9.83. The fourth-order valence-corrected chi connectivity index (χ4v) is 5.90. The largest absolute Gasteiger partial charge is 0.457 e. The number of fused-ring (bicyclic) bond motifs is 1. The smallest absolute Gasteiger partial charge is 0.325 e. The molecule has 1 aliphatic carbocycles. The second kappa shape index (κ2) is 15.6. The van der Waals surface area contributed by atoms with Gasteiger partial charge >= 0.3 is 5.97 Å². The molecule has 4 rings (SSSR count). The predicted octanol–water partition coefficient (Wildman–Crippen LogP) is 4.51. The van der Waals surface area contributed by atoms with Crippen LogP contribution in [-0.4, -0.2) is 58.4 Å². The molecule has 10 nitrogen and oxygen atoms in total. The van der Waals surface area contributed by atoms with Crippen LogP contribution in [0.3, 0.4) is 0 Å². The molecule has 3 N–H and O–H groups in total. The highest BCUT2D eigenvalue weighted by Gasteiger charge is 2.35. The van der Waals surface area contributed by atoms with Crippen molar-refractivity contribution >= 4 is 40.5 Å². The van der Waals surface area contributed by atoms with Crippen LogP contribution in [0.1, 0.15) is 89.5 Å². The van der Waals surface area contributed by atoms with E-state index in [1.165, 1.54) is 5.01 Å². The summed E-state index contributed by atoms with van der Waals surface area (Å²) in [5.74, 6) is -1.36. The molecule has 3 amide bonds. The quantitative estimate of drug-likeness (QED) is 0.255. The van der Waals surface area contributed by atoms with E-state index in [2.05, 4.69) is 27.6 Å². The van der Waals surface area contributed by atoms with E-state index in [1.54, 1.807) is 31.3 Å². The number of pyridine rings is 1. The second-order valence-corrected chi connectivity index (χ2v) is 11.8. The predicted molar refractivity (Wildman–Crippen MR) is 170 cm³/mol. The summed E-state index contributed by atoms with van der Waals surface area (Å²) in [7, 11) is 0. The van der Waals surface area contributed by atoms with Gasteiger partial charge in [-0.3, -0.25) is 29.2 Å². The Bertz CT molecular complexity index is 1390. The minimum atomic E-state index is -0.852. The lowest BCUT2D eigenvalue weighted by molar-refractivity contribution is -0.157. The van der Waals surface area contributed by atoms with Crippen molar-refractivity contribution in [2.75, 3.05) is 6.54 Å². The third-order valence-electron chi connectivity index (χ3n) is 8.46. The highest BCUT2D eigenvalue weighted by molar-refractivity contribution is 5.92. The number of benzene rings is 1. The summed E-state index contributed by atoms with van der Waals surface area (Å²) < 4.78 is 5.81. The van der Waals surface area contributed by atoms with Crippen molar-refractivity contribution in [2.24, 2.45) is 5.92 Å². The van der Waals surface area contributed by atoms with Crippen LogP contribution < -0.4 is 16.1 Å². The number of carbonyl (C=O) groups excluding carboxylic acids is 4. The summed E-state index contributed by atoms with van der Waals surface area (Å²) in [6.07, 6.45) is 12.7. The molecule has 4 atom stereocenters. The molecule has 0 spiro atoms. The van der Waals surface area contributed by atoms with Crippen molar-refractivity contribution in [3.8, 4) is 0 Å². The molecule has 0 unspecified atom stereocenters. The first-order chi connectivity index (χ1) is 21.2. The third-order valence-corrected chi connectivity index (χ3v) is 8.46. The molecule has 0 radical (unpaired) electrons. The number of nitrogens with one attached hydrogen (secondary N) is 3. The van der Waals surface area contributed by atoms with Crippen molar-refractivity contribution in [1.82, 2.24) is 26.1 Å². The van der Waals surface area contributed by atoms with Crippen molar-refractivity contribution in [2.45, 2.75) is 96.4 Å². The lowest BCUT2D eigenvalue weighted by Gasteiger charge is -2.35. The number of aromatic nitrogens is 1. The summed E-state index contributed by atoms with van der Waals surface area (Å²) in [6, 6.07) is 5.51. The van der Waals surface area contributed by atoms with Gasteiger partial charge in [0.2, 0.25) is 11.8 Å². The third kappa shape index (κ3) is 8.53. The van der Waals surface area contributed by atoms with Gasteiger partial charge in [0.15, 0.2) is 0 Å². The Hall–Kier alpha value is -4.05. The first-order valence-electron chi connectivity index (χ1n) is 15.7. The molecular weight excluding hydrogens is 558 g/mol. The molecule has 10 heteroatoms. The molecule has 1 saturated carbocycles. The second-order valence-electron chi connectivity index (χ2n) is 11.8. The summed E-state index contributed by atoms with van der Waals surface area (Å²) in [6.45, 7) is 9.45. The molecule has 44 heavy (non-hydrogen) atoms. The van der Waals surface area contributed by atoms with Crippen LogP contribution >= 0.6 is 0 Å². The SMILES string of the molecule is C=Cc1cc2cc([C@@H](C)OC(=O)[C@@H]3CCCN(C(=O)[C@H](C)NC(=O)[C@@H](NC(=O)CC=CC)C4CCCCC4)N3)ccc2cn1. The van der Waals surface area contributed by atoms with E-state index in [4.69, 9.17) is 4.74 Å². The van der Waals surface area contributed by atoms with Crippen molar-refractivity contribution in [3.63, 3.8) is 0 Å². The average Bonchev–Trinajstić information content (AvgIpc) is 3.05. The summed E-state index contributed by atoms with van der Waals surface area (Å²) in [4.78, 5) is 56.7. The minimum Gasteiger partial charge on any atom is -0.457 e. The Morgan fingerprint density at radius 3 is 2.57 bits per heavy atom. The summed E-state index contributed by atoms with van der Waals surface area (Å²) in [5, 5.41) is 9.07. The van der Waals surface area contributed by atoms with Gasteiger partial charge in [-0.1, -0.05) is 50.1 Å².